The minimum atomic E-state index is -1.12. The lowest BCUT2D eigenvalue weighted by atomic mass is 9.81. The van der Waals surface area contributed by atoms with Crippen LogP contribution in [0.2, 0.25) is 0 Å². The first-order valence-electron chi connectivity index (χ1n) is 13.5. The lowest BCUT2D eigenvalue weighted by Crippen LogP contribution is -2.48. The van der Waals surface area contributed by atoms with Crippen LogP contribution in [0.15, 0.2) is 109 Å². The Morgan fingerprint density at radius 1 is 0.595 bits per heavy atom. The number of benzene rings is 4. The summed E-state index contributed by atoms with van der Waals surface area (Å²) in [6.07, 6.45) is 6.79. The van der Waals surface area contributed by atoms with Crippen molar-refractivity contribution < 1.29 is 4.79 Å². The molecule has 4 aromatic carbocycles. The first-order chi connectivity index (χ1) is 18.2. The Morgan fingerprint density at radius 2 is 1.03 bits per heavy atom. The fourth-order valence-electron chi connectivity index (χ4n) is 4.72. The summed E-state index contributed by atoms with van der Waals surface area (Å²) >= 11 is 0. The molecule has 0 aliphatic rings. The minimum absolute atomic E-state index is 0.124. The van der Waals surface area contributed by atoms with E-state index < -0.39 is 5.54 Å². The third-order valence-corrected chi connectivity index (χ3v) is 6.89. The Morgan fingerprint density at radius 3 is 1.46 bits per heavy atom. The number of nitrogens with one attached hydrogen (secondary N) is 2. The molecule has 0 radical (unpaired) electrons. The summed E-state index contributed by atoms with van der Waals surface area (Å²) in [6.45, 7) is 4.41. The molecule has 1 amide bonds. The molecule has 3 heteroatoms. The van der Waals surface area contributed by atoms with Gasteiger partial charge in [0.2, 0.25) is 0 Å². The standard InChI is InChI=1S/C34H38N2O/c1-3-5-13-27-19-23-31(24-20-27)35-33(37)34(29-15-9-7-10-16-29,30-17-11-8-12-18-30)36-32-25-21-28(22-26-32)14-6-4-2/h7-12,15-26,36H,3-6,13-14H2,1-2H3,(H,35,37). The fourth-order valence-corrected chi connectivity index (χ4v) is 4.72. The maximum atomic E-state index is 14.3. The Kier molecular flexibility index (Phi) is 9.15. The number of aryl methyl sites for hydroxylation is 2. The molecular formula is C34H38N2O. The van der Waals surface area contributed by atoms with Crippen molar-refractivity contribution >= 4 is 17.3 Å². The van der Waals surface area contributed by atoms with Crippen molar-refractivity contribution in [3.8, 4) is 0 Å². The van der Waals surface area contributed by atoms with Crippen LogP contribution in [-0.2, 0) is 23.2 Å². The van der Waals surface area contributed by atoms with Crippen molar-refractivity contribution in [3.63, 3.8) is 0 Å². The van der Waals surface area contributed by atoms with Crippen LogP contribution in [0.5, 0.6) is 0 Å². The Balaban J connectivity index is 1.73. The zero-order chi connectivity index (χ0) is 25.9. The molecule has 0 atom stereocenters. The molecule has 2 N–H and O–H groups in total. The molecule has 0 spiro atoms. The van der Waals surface area contributed by atoms with Gasteiger partial charge in [0.15, 0.2) is 5.54 Å². The van der Waals surface area contributed by atoms with Gasteiger partial charge in [-0.15, -0.1) is 0 Å². The molecule has 4 aromatic rings. The van der Waals surface area contributed by atoms with Gasteiger partial charge >= 0.3 is 0 Å². The molecule has 0 fully saturated rings. The number of carbonyl (C=O) groups is 1. The second-order valence-electron chi connectivity index (χ2n) is 9.66. The van der Waals surface area contributed by atoms with E-state index in [0.717, 1.165) is 41.8 Å². The smallest absolute Gasteiger partial charge is 0.259 e. The SMILES string of the molecule is CCCCc1ccc(NC(=O)C(Nc2ccc(CCCC)cc2)(c2ccccc2)c2ccccc2)cc1. The maximum Gasteiger partial charge on any atom is 0.259 e. The van der Waals surface area contributed by atoms with Crippen molar-refractivity contribution in [3.05, 3.63) is 131 Å². The molecule has 0 unspecified atom stereocenters. The lowest BCUT2D eigenvalue weighted by Gasteiger charge is -2.35. The maximum absolute atomic E-state index is 14.3. The first kappa shape index (κ1) is 26.2. The summed E-state index contributed by atoms with van der Waals surface area (Å²) < 4.78 is 0. The van der Waals surface area contributed by atoms with Crippen molar-refractivity contribution in [1.82, 2.24) is 0 Å². The second kappa shape index (κ2) is 12.9. The highest BCUT2D eigenvalue weighted by Gasteiger charge is 2.42. The molecule has 37 heavy (non-hydrogen) atoms. The summed E-state index contributed by atoms with van der Waals surface area (Å²) in [4.78, 5) is 14.3. The normalized spacial score (nSPS) is 11.2. The number of amides is 1. The number of hydrogen-bond donors (Lipinski definition) is 2. The Labute approximate surface area is 222 Å². The summed E-state index contributed by atoms with van der Waals surface area (Å²) in [6, 6.07) is 36.7. The molecule has 0 bridgehead atoms. The molecule has 0 aliphatic heterocycles. The zero-order valence-corrected chi connectivity index (χ0v) is 22.0. The molecule has 190 valence electrons. The summed E-state index contributed by atoms with van der Waals surface area (Å²) in [5.41, 5.74) is 4.94. The Hall–Kier alpha value is -3.85. The van der Waals surface area contributed by atoms with Crippen molar-refractivity contribution in [1.29, 1.82) is 0 Å². The van der Waals surface area contributed by atoms with Crippen molar-refractivity contribution in [2.45, 2.75) is 57.9 Å². The first-order valence-corrected chi connectivity index (χ1v) is 13.5. The fraction of sp³-hybridized carbons (Fsp3) is 0.265. The molecule has 0 saturated heterocycles. The van der Waals surface area contributed by atoms with Crippen molar-refractivity contribution in [2.75, 3.05) is 10.6 Å². The number of unbranched alkanes of at least 4 members (excludes halogenated alkanes) is 2. The highest BCUT2D eigenvalue weighted by molar-refractivity contribution is 6.03. The molecular weight excluding hydrogens is 452 g/mol. The van der Waals surface area contributed by atoms with Gasteiger partial charge in [-0.1, -0.05) is 112 Å². The summed E-state index contributed by atoms with van der Waals surface area (Å²) in [5, 5.41) is 6.88. The van der Waals surface area contributed by atoms with Gasteiger partial charge in [0.25, 0.3) is 5.91 Å². The third-order valence-electron chi connectivity index (χ3n) is 6.89. The average Bonchev–Trinajstić information content (AvgIpc) is 2.96. The van der Waals surface area contributed by atoms with Crippen LogP contribution in [0, 0.1) is 0 Å². The number of anilines is 2. The molecule has 0 heterocycles. The molecule has 0 saturated carbocycles. The number of hydrogen-bond acceptors (Lipinski definition) is 2. The molecule has 0 aliphatic carbocycles. The predicted octanol–water partition coefficient (Wildman–Crippen LogP) is 8.37. The van der Waals surface area contributed by atoms with E-state index in [2.05, 4.69) is 60.9 Å². The quantitative estimate of drug-likeness (QED) is 0.209. The lowest BCUT2D eigenvalue weighted by molar-refractivity contribution is -0.119. The van der Waals surface area contributed by atoms with E-state index in [1.807, 2.05) is 72.8 Å². The van der Waals surface area contributed by atoms with E-state index in [4.69, 9.17) is 0 Å². The zero-order valence-electron chi connectivity index (χ0n) is 22.0. The summed E-state index contributed by atoms with van der Waals surface area (Å²) in [5.74, 6) is -0.124. The van der Waals surface area contributed by atoms with E-state index in [0.29, 0.717) is 0 Å². The van der Waals surface area contributed by atoms with Crippen LogP contribution >= 0.6 is 0 Å². The predicted molar refractivity (Wildman–Crippen MR) is 156 cm³/mol. The largest absolute Gasteiger partial charge is 0.364 e. The van der Waals surface area contributed by atoms with Crippen LogP contribution < -0.4 is 10.6 Å². The Bertz CT molecular complexity index is 1190. The van der Waals surface area contributed by atoms with E-state index in [1.165, 1.54) is 30.4 Å². The van der Waals surface area contributed by atoms with Gasteiger partial charge in [0.05, 0.1) is 0 Å². The van der Waals surface area contributed by atoms with E-state index >= 15 is 0 Å². The minimum Gasteiger partial charge on any atom is -0.364 e. The van der Waals surface area contributed by atoms with Gasteiger partial charge in [-0.25, -0.2) is 0 Å². The van der Waals surface area contributed by atoms with Gasteiger partial charge in [0, 0.05) is 11.4 Å². The van der Waals surface area contributed by atoms with Crippen LogP contribution in [0.4, 0.5) is 11.4 Å². The second-order valence-corrected chi connectivity index (χ2v) is 9.66. The van der Waals surface area contributed by atoms with Gasteiger partial charge in [-0.3, -0.25) is 4.79 Å². The number of carbonyl (C=O) groups excluding carboxylic acids is 1. The molecule has 3 nitrogen and oxygen atoms in total. The van der Waals surface area contributed by atoms with Crippen LogP contribution in [0.1, 0.15) is 61.8 Å². The topological polar surface area (TPSA) is 41.1 Å². The molecule has 0 aromatic heterocycles. The van der Waals surface area contributed by atoms with Gasteiger partial charge < -0.3 is 10.6 Å². The van der Waals surface area contributed by atoms with E-state index in [9.17, 15) is 4.79 Å². The van der Waals surface area contributed by atoms with E-state index in [1.54, 1.807) is 0 Å². The number of rotatable bonds is 12. The monoisotopic (exact) mass is 490 g/mol. The van der Waals surface area contributed by atoms with Gasteiger partial charge in [-0.05, 0) is 72.2 Å². The van der Waals surface area contributed by atoms with Crippen LogP contribution in [0.25, 0.3) is 0 Å². The van der Waals surface area contributed by atoms with Gasteiger partial charge in [0.1, 0.15) is 0 Å². The highest BCUT2D eigenvalue weighted by atomic mass is 16.2. The third kappa shape index (κ3) is 6.48. The van der Waals surface area contributed by atoms with Crippen molar-refractivity contribution in [2.24, 2.45) is 0 Å². The average molecular weight is 491 g/mol. The summed E-state index contributed by atoms with van der Waals surface area (Å²) in [7, 11) is 0. The van der Waals surface area contributed by atoms with E-state index in [-0.39, 0.29) is 5.91 Å². The van der Waals surface area contributed by atoms with Crippen LogP contribution in [-0.4, -0.2) is 5.91 Å². The van der Waals surface area contributed by atoms with Crippen LogP contribution in [0.3, 0.4) is 0 Å². The highest BCUT2D eigenvalue weighted by Crippen LogP contribution is 2.35. The van der Waals surface area contributed by atoms with Gasteiger partial charge in [-0.2, -0.15) is 0 Å². The molecule has 4 rings (SSSR count).